The first-order valence-corrected chi connectivity index (χ1v) is 10.7. The molecule has 3 amide bonds. The number of halogens is 1. The first-order valence-electron chi connectivity index (χ1n) is 10.3. The molecule has 0 aliphatic carbocycles. The van der Waals surface area contributed by atoms with Crippen LogP contribution in [0.4, 0.5) is 20.6 Å². The quantitative estimate of drug-likeness (QED) is 0.345. The SMILES string of the molecule is O=C(Nc1ccc(N(S)C(=O)NCCc2cnc3ccccc3c2)cc1)c1ccccc1F. The van der Waals surface area contributed by atoms with E-state index in [2.05, 4.69) is 34.5 Å². The number of nitrogens with zero attached hydrogens (tertiary/aromatic N) is 2. The van der Waals surface area contributed by atoms with Crippen molar-refractivity contribution in [2.45, 2.75) is 6.42 Å². The highest BCUT2D eigenvalue weighted by molar-refractivity contribution is 7.82. The molecule has 4 rings (SSSR count). The van der Waals surface area contributed by atoms with Crippen LogP contribution < -0.4 is 14.9 Å². The monoisotopic (exact) mass is 460 g/mol. The minimum absolute atomic E-state index is 0.0432. The summed E-state index contributed by atoms with van der Waals surface area (Å²) < 4.78 is 14.9. The Labute approximate surface area is 196 Å². The smallest absolute Gasteiger partial charge is 0.331 e. The normalized spacial score (nSPS) is 10.6. The van der Waals surface area contributed by atoms with E-state index < -0.39 is 11.7 Å². The second-order valence-electron chi connectivity index (χ2n) is 7.31. The predicted molar refractivity (Wildman–Crippen MR) is 131 cm³/mol. The fraction of sp³-hybridized carbons (Fsp3) is 0.0800. The van der Waals surface area contributed by atoms with Crippen LogP contribution >= 0.6 is 12.8 Å². The second-order valence-corrected chi connectivity index (χ2v) is 7.71. The molecule has 0 radical (unpaired) electrons. The van der Waals surface area contributed by atoms with Crippen LogP contribution in [0.15, 0.2) is 85.1 Å². The number of benzene rings is 3. The summed E-state index contributed by atoms with van der Waals surface area (Å²) in [5.74, 6) is -1.14. The highest BCUT2D eigenvalue weighted by Gasteiger charge is 2.13. The summed E-state index contributed by atoms with van der Waals surface area (Å²) in [6.07, 6.45) is 2.44. The van der Waals surface area contributed by atoms with Crippen molar-refractivity contribution in [1.82, 2.24) is 10.3 Å². The fourth-order valence-corrected chi connectivity index (χ4v) is 3.49. The number of rotatable bonds is 6. The van der Waals surface area contributed by atoms with Gasteiger partial charge in [-0.25, -0.2) is 13.5 Å². The van der Waals surface area contributed by atoms with Crippen LogP contribution in [0.5, 0.6) is 0 Å². The first-order chi connectivity index (χ1) is 16.0. The Morgan fingerprint density at radius 1 is 0.970 bits per heavy atom. The van der Waals surface area contributed by atoms with E-state index in [1.165, 1.54) is 22.5 Å². The third kappa shape index (κ3) is 5.48. The second kappa shape index (κ2) is 10.1. The van der Waals surface area contributed by atoms with Gasteiger partial charge >= 0.3 is 6.03 Å². The van der Waals surface area contributed by atoms with Gasteiger partial charge in [0.15, 0.2) is 0 Å². The van der Waals surface area contributed by atoms with Gasteiger partial charge in [-0.1, -0.05) is 43.1 Å². The van der Waals surface area contributed by atoms with Gasteiger partial charge in [-0.15, -0.1) is 0 Å². The van der Waals surface area contributed by atoms with E-state index in [9.17, 15) is 14.0 Å². The summed E-state index contributed by atoms with van der Waals surface area (Å²) in [4.78, 5) is 29.1. The number of aromatic nitrogens is 1. The maximum atomic E-state index is 13.8. The number of hydrogen-bond donors (Lipinski definition) is 3. The molecule has 166 valence electrons. The molecule has 0 unspecified atom stereocenters. The minimum Gasteiger partial charge on any atom is -0.337 e. The molecule has 0 aliphatic rings. The van der Waals surface area contributed by atoms with E-state index in [0.717, 1.165) is 16.5 Å². The maximum Gasteiger partial charge on any atom is 0.331 e. The molecule has 0 saturated carbocycles. The minimum atomic E-state index is -0.593. The zero-order valence-electron chi connectivity index (χ0n) is 17.5. The Morgan fingerprint density at radius 2 is 1.70 bits per heavy atom. The molecule has 8 heteroatoms. The number of carbonyl (C=O) groups excluding carboxylic acids is 2. The number of urea groups is 1. The van der Waals surface area contributed by atoms with Gasteiger partial charge < -0.3 is 10.6 Å². The average molecular weight is 461 g/mol. The lowest BCUT2D eigenvalue weighted by Gasteiger charge is -2.17. The van der Waals surface area contributed by atoms with Gasteiger partial charge in [0.1, 0.15) is 5.82 Å². The van der Waals surface area contributed by atoms with Gasteiger partial charge in [0.25, 0.3) is 5.91 Å². The standard InChI is InChI=1S/C25H21FN4O2S/c26-22-7-3-2-6-21(22)24(31)29-19-9-11-20(12-10-19)30(33)25(32)27-14-13-17-15-18-5-1-4-8-23(18)28-16-17/h1-12,15-16,33H,13-14H2,(H,27,32)(H,29,31). The Bertz CT molecular complexity index is 1300. The van der Waals surface area contributed by atoms with Crippen LogP contribution in [0, 0.1) is 5.82 Å². The van der Waals surface area contributed by atoms with Gasteiger partial charge in [0.2, 0.25) is 0 Å². The average Bonchev–Trinajstić information content (AvgIpc) is 2.84. The summed E-state index contributed by atoms with van der Waals surface area (Å²) in [6, 6.07) is 21.8. The highest BCUT2D eigenvalue weighted by atomic mass is 32.1. The molecular weight excluding hydrogens is 439 g/mol. The predicted octanol–water partition coefficient (Wildman–Crippen LogP) is 5.23. The van der Waals surface area contributed by atoms with Gasteiger partial charge in [-0.05, 0) is 60.5 Å². The van der Waals surface area contributed by atoms with Crippen LogP contribution in [-0.2, 0) is 6.42 Å². The number of nitrogens with one attached hydrogen (secondary N) is 2. The Balaban J connectivity index is 1.30. The van der Waals surface area contributed by atoms with Crippen molar-refractivity contribution in [1.29, 1.82) is 0 Å². The summed E-state index contributed by atoms with van der Waals surface area (Å²) in [5, 5.41) is 6.51. The zero-order chi connectivity index (χ0) is 23.2. The van der Waals surface area contributed by atoms with Gasteiger partial charge in [0, 0.05) is 23.8 Å². The number of amides is 3. The van der Waals surface area contributed by atoms with E-state index in [1.807, 2.05) is 24.3 Å². The number of thiol groups is 1. The molecule has 0 aliphatic heterocycles. The van der Waals surface area contributed by atoms with Crippen LogP contribution in [0.2, 0.25) is 0 Å². The molecule has 2 N–H and O–H groups in total. The third-order valence-corrected chi connectivity index (χ3v) is 5.43. The first kappa shape index (κ1) is 22.3. The zero-order valence-corrected chi connectivity index (χ0v) is 18.4. The van der Waals surface area contributed by atoms with Gasteiger partial charge in [-0.3, -0.25) is 9.78 Å². The van der Waals surface area contributed by atoms with Crippen LogP contribution in [0.25, 0.3) is 10.9 Å². The van der Waals surface area contributed by atoms with Crippen molar-refractivity contribution < 1.29 is 14.0 Å². The maximum absolute atomic E-state index is 13.8. The summed E-state index contributed by atoms with van der Waals surface area (Å²) >= 11 is 4.27. The number of pyridine rings is 1. The Kier molecular flexibility index (Phi) is 6.85. The summed E-state index contributed by atoms with van der Waals surface area (Å²) in [7, 11) is 0. The van der Waals surface area contributed by atoms with E-state index in [-0.39, 0.29) is 11.6 Å². The molecule has 0 bridgehead atoms. The molecule has 3 aromatic carbocycles. The van der Waals surface area contributed by atoms with Gasteiger partial charge in [0.05, 0.1) is 16.8 Å². The largest absolute Gasteiger partial charge is 0.337 e. The molecule has 6 nitrogen and oxygen atoms in total. The number of hydrogen-bond acceptors (Lipinski definition) is 4. The molecule has 1 heterocycles. The van der Waals surface area contributed by atoms with Crippen molar-refractivity contribution >= 4 is 47.0 Å². The lowest BCUT2D eigenvalue weighted by molar-refractivity contribution is 0.102. The molecule has 0 atom stereocenters. The molecule has 0 spiro atoms. The fourth-order valence-electron chi connectivity index (χ4n) is 3.29. The van der Waals surface area contributed by atoms with E-state index >= 15 is 0 Å². The lowest BCUT2D eigenvalue weighted by Crippen LogP contribution is -2.35. The molecule has 33 heavy (non-hydrogen) atoms. The van der Waals surface area contributed by atoms with Crippen molar-refractivity contribution in [3.05, 3.63) is 102 Å². The summed E-state index contributed by atoms with van der Waals surface area (Å²) in [5.41, 5.74) is 2.90. The van der Waals surface area contributed by atoms with E-state index in [0.29, 0.717) is 24.3 Å². The van der Waals surface area contributed by atoms with Crippen LogP contribution in [-0.4, -0.2) is 23.5 Å². The van der Waals surface area contributed by atoms with E-state index in [4.69, 9.17) is 0 Å². The lowest BCUT2D eigenvalue weighted by atomic mass is 10.1. The van der Waals surface area contributed by atoms with Crippen molar-refractivity contribution in [3.63, 3.8) is 0 Å². The van der Waals surface area contributed by atoms with Crippen molar-refractivity contribution in [3.8, 4) is 0 Å². The Morgan fingerprint density at radius 3 is 2.48 bits per heavy atom. The third-order valence-electron chi connectivity index (χ3n) is 5.02. The number of fused-ring (bicyclic) bond motifs is 1. The molecule has 1 aromatic heterocycles. The van der Waals surface area contributed by atoms with Crippen LogP contribution in [0.1, 0.15) is 15.9 Å². The molecular formula is C25H21FN4O2S. The van der Waals surface area contributed by atoms with E-state index in [1.54, 1.807) is 36.5 Å². The van der Waals surface area contributed by atoms with Gasteiger partial charge in [-0.2, -0.15) is 0 Å². The van der Waals surface area contributed by atoms with Crippen molar-refractivity contribution in [2.24, 2.45) is 0 Å². The Hall–Kier alpha value is -3.91. The molecule has 0 saturated heterocycles. The number of carbonyl (C=O) groups is 2. The summed E-state index contributed by atoms with van der Waals surface area (Å²) in [6.45, 7) is 0.423. The highest BCUT2D eigenvalue weighted by Crippen LogP contribution is 2.20. The topological polar surface area (TPSA) is 74.3 Å². The van der Waals surface area contributed by atoms with Crippen molar-refractivity contribution in [2.75, 3.05) is 16.2 Å². The van der Waals surface area contributed by atoms with Crippen LogP contribution in [0.3, 0.4) is 0 Å². The number of anilines is 2. The number of para-hydroxylation sites is 1. The molecule has 0 fully saturated rings. The molecule has 4 aromatic rings.